The van der Waals surface area contributed by atoms with Crippen LogP contribution in [0.4, 0.5) is 5.69 Å². The molecule has 1 unspecified atom stereocenters. The lowest BCUT2D eigenvalue weighted by Gasteiger charge is -2.18. The van der Waals surface area contributed by atoms with Crippen LogP contribution in [0.5, 0.6) is 11.5 Å². The Balaban J connectivity index is 1.75. The van der Waals surface area contributed by atoms with Crippen LogP contribution in [0.2, 0.25) is 0 Å². The maximum atomic E-state index is 12.9. The van der Waals surface area contributed by atoms with Gasteiger partial charge in [0, 0.05) is 17.6 Å². The first kappa shape index (κ1) is 24.3. The molecule has 0 saturated heterocycles. The molecule has 2 aromatic carbocycles. The molecule has 0 fully saturated rings. The number of hydrogen-bond acceptors (Lipinski definition) is 5. The molecule has 0 saturated carbocycles. The zero-order valence-corrected chi connectivity index (χ0v) is 19.6. The van der Waals surface area contributed by atoms with E-state index in [1.807, 2.05) is 25.1 Å². The highest BCUT2D eigenvalue weighted by molar-refractivity contribution is 7.80. The van der Waals surface area contributed by atoms with E-state index < -0.39 is 11.3 Å². The van der Waals surface area contributed by atoms with Gasteiger partial charge in [-0.1, -0.05) is 25.1 Å². The second-order valence-electron chi connectivity index (χ2n) is 7.39. The van der Waals surface area contributed by atoms with Gasteiger partial charge in [0.2, 0.25) is 5.91 Å². The van der Waals surface area contributed by atoms with E-state index in [-0.39, 0.29) is 18.4 Å². The second-order valence-corrected chi connectivity index (χ2v) is 8.09. The first-order chi connectivity index (χ1) is 15.9. The topological polar surface area (TPSA) is 126 Å². The summed E-state index contributed by atoms with van der Waals surface area (Å²) in [7, 11) is 3.12. The number of aromatic amines is 1. The molecule has 3 rings (SSSR count). The molecule has 1 aromatic heterocycles. The number of amides is 1. The van der Waals surface area contributed by atoms with Crippen LogP contribution in [0.25, 0.3) is 0 Å². The Morgan fingerprint density at radius 1 is 1.12 bits per heavy atom. The smallest absolute Gasteiger partial charge is 0.259 e. The molecule has 0 aliphatic rings. The molecule has 1 amide bonds. The Morgan fingerprint density at radius 2 is 1.82 bits per heavy atom. The van der Waals surface area contributed by atoms with Gasteiger partial charge in [-0.15, -0.1) is 0 Å². The molecule has 0 radical (unpaired) electrons. The normalized spacial score (nSPS) is 12.6. The molecule has 0 spiro atoms. The number of carbonyl (C=O) groups excluding carboxylic acids is 1. The number of imidazole rings is 1. The van der Waals surface area contributed by atoms with E-state index >= 15 is 0 Å². The molecule has 10 heteroatoms. The third kappa shape index (κ3) is 6.80. The quantitative estimate of drug-likeness (QED) is 0.318. The highest BCUT2D eigenvalue weighted by atomic mass is 32.2. The van der Waals surface area contributed by atoms with Crippen LogP contribution in [-0.4, -0.2) is 38.9 Å². The van der Waals surface area contributed by atoms with Crippen molar-refractivity contribution in [1.82, 2.24) is 15.3 Å². The van der Waals surface area contributed by atoms with Crippen molar-refractivity contribution in [3.63, 3.8) is 0 Å². The van der Waals surface area contributed by atoms with E-state index in [2.05, 4.69) is 20.0 Å². The van der Waals surface area contributed by atoms with Crippen molar-refractivity contribution in [2.45, 2.75) is 32.2 Å². The Morgan fingerprint density at radius 3 is 2.42 bits per heavy atom. The Labute approximate surface area is 195 Å². The number of anilines is 1. The number of nitrogens with one attached hydrogen (secondary N) is 3. The molecular weight excluding hydrogens is 444 g/mol. The standard InChI is InChI=1S/C23H28N4O5S/c1-4-17-14-24-23(25-17)19(11-15-5-8-18(9-6-15)27-33(29)30)26-22(28)13-16-7-10-20(31-2)21(12-16)32-3/h5-10,12,14,19,27H,4,11,13H2,1-3H3,(H,24,25)(H,26,28)(H,29,30)/t19-/m0/s1. The summed E-state index contributed by atoms with van der Waals surface area (Å²) in [6.45, 7) is 2.03. The molecular formula is C23H28N4O5S. The maximum Gasteiger partial charge on any atom is 0.259 e. The maximum absolute atomic E-state index is 12.9. The van der Waals surface area contributed by atoms with E-state index in [0.717, 1.165) is 23.2 Å². The summed E-state index contributed by atoms with van der Waals surface area (Å²) < 4.78 is 32.9. The van der Waals surface area contributed by atoms with Crippen LogP contribution < -0.4 is 19.5 Å². The summed E-state index contributed by atoms with van der Waals surface area (Å²) in [5, 5.41) is 3.07. The van der Waals surface area contributed by atoms with Crippen molar-refractivity contribution >= 4 is 22.9 Å². The Kier molecular flexibility index (Phi) is 8.45. The average molecular weight is 473 g/mol. The first-order valence-corrected chi connectivity index (χ1v) is 11.5. The van der Waals surface area contributed by atoms with Gasteiger partial charge >= 0.3 is 0 Å². The third-order valence-corrected chi connectivity index (χ3v) is 5.52. The van der Waals surface area contributed by atoms with Crippen molar-refractivity contribution in [3.8, 4) is 11.5 Å². The lowest BCUT2D eigenvalue weighted by Crippen LogP contribution is -2.32. The van der Waals surface area contributed by atoms with Gasteiger partial charge in [0.1, 0.15) is 5.82 Å². The summed E-state index contributed by atoms with van der Waals surface area (Å²) in [5.74, 6) is 1.68. The van der Waals surface area contributed by atoms with E-state index in [1.165, 1.54) is 0 Å². The minimum atomic E-state index is -2.13. The predicted octanol–water partition coefficient (Wildman–Crippen LogP) is 3.18. The van der Waals surface area contributed by atoms with Crippen LogP contribution in [0, 0.1) is 0 Å². The SMILES string of the molecule is CCc1cnc([C@H](Cc2ccc(NS(=O)O)cc2)NC(=O)Cc2ccc(OC)c(OC)c2)[nH]1. The number of ether oxygens (including phenoxy) is 2. The van der Waals surface area contributed by atoms with Gasteiger partial charge < -0.3 is 19.8 Å². The van der Waals surface area contributed by atoms with Gasteiger partial charge in [0.25, 0.3) is 11.3 Å². The van der Waals surface area contributed by atoms with Crippen LogP contribution in [0.3, 0.4) is 0 Å². The first-order valence-electron chi connectivity index (χ1n) is 10.4. The number of nitrogens with zero attached hydrogens (tertiary/aromatic N) is 1. The highest BCUT2D eigenvalue weighted by Crippen LogP contribution is 2.28. The fourth-order valence-electron chi connectivity index (χ4n) is 3.42. The molecule has 4 N–H and O–H groups in total. The molecule has 9 nitrogen and oxygen atoms in total. The van der Waals surface area contributed by atoms with Gasteiger partial charge in [-0.3, -0.25) is 14.1 Å². The molecule has 2 atom stereocenters. The van der Waals surface area contributed by atoms with Crippen molar-refractivity contribution < 1.29 is 23.0 Å². The molecule has 3 aromatic rings. The number of hydrogen-bond donors (Lipinski definition) is 4. The second kappa shape index (κ2) is 11.5. The predicted molar refractivity (Wildman–Crippen MR) is 127 cm³/mol. The number of aryl methyl sites for hydroxylation is 1. The van der Waals surface area contributed by atoms with Crippen molar-refractivity contribution in [2.24, 2.45) is 0 Å². The lowest BCUT2D eigenvalue weighted by atomic mass is 10.0. The zero-order valence-electron chi connectivity index (χ0n) is 18.8. The summed E-state index contributed by atoms with van der Waals surface area (Å²) in [4.78, 5) is 20.6. The summed E-state index contributed by atoms with van der Waals surface area (Å²) in [6, 6.07) is 12.1. The molecule has 1 heterocycles. The third-order valence-electron chi connectivity index (χ3n) is 5.11. The average Bonchev–Trinajstić information content (AvgIpc) is 3.29. The van der Waals surface area contributed by atoms with E-state index in [9.17, 15) is 9.00 Å². The van der Waals surface area contributed by atoms with Crippen molar-refractivity contribution in [3.05, 3.63) is 71.3 Å². The fraction of sp³-hybridized carbons (Fsp3) is 0.304. The Hall–Kier alpha value is -3.37. The minimum absolute atomic E-state index is 0.157. The van der Waals surface area contributed by atoms with Gasteiger partial charge in [0.05, 0.1) is 26.7 Å². The van der Waals surface area contributed by atoms with E-state index in [0.29, 0.717) is 29.4 Å². The number of aromatic nitrogens is 2. The summed E-state index contributed by atoms with van der Waals surface area (Å²) in [5.41, 5.74) is 3.24. The highest BCUT2D eigenvalue weighted by Gasteiger charge is 2.19. The van der Waals surface area contributed by atoms with Crippen molar-refractivity contribution in [2.75, 3.05) is 18.9 Å². The zero-order chi connectivity index (χ0) is 23.8. The molecule has 0 bridgehead atoms. The van der Waals surface area contributed by atoms with Crippen LogP contribution >= 0.6 is 0 Å². The van der Waals surface area contributed by atoms with Gasteiger partial charge in [-0.25, -0.2) is 9.19 Å². The number of H-pyrrole nitrogens is 1. The van der Waals surface area contributed by atoms with Crippen LogP contribution in [-0.2, 0) is 35.3 Å². The van der Waals surface area contributed by atoms with E-state index in [4.69, 9.17) is 14.0 Å². The minimum Gasteiger partial charge on any atom is -0.493 e. The number of benzene rings is 2. The Bertz CT molecular complexity index is 1100. The fourth-order valence-corrected chi connectivity index (χ4v) is 3.75. The molecule has 0 aliphatic heterocycles. The number of rotatable bonds is 11. The molecule has 33 heavy (non-hydrogen) atoms. The van der Waals surface area contributed by atoms with Gasteiger partial charge in [0.15, 0.2) is 11.5 Å². The van der Waals surface area contributed by atoms with Gasteiger partial charge in [-0.05, 0) is 48.2 Å². The summed E-state index contributed by atoms with van der Waals surface area (Å²) >= 11 is -2.13. The number of carbonyl (C=O) groups is 1. The molecule has 0 aliphatic carbocycles. The number of methoxy groups -OCH3 is 2. The largest absolute Gasteiger partial charge is 0.493 e. The van der Waals surface area contributed by atoms with Crippen LogP contribution in [0.1, 0.15) is 35.6 Å². The molecule has 176 valence electrons. The monoisotopic (exact) mass is 472 g/mol. The summed E-state index contributed by atoms with van der Waals surface area (Å²) in [6.07, 6.45) is 3.24. The van der Waals surface area contributed by atoms with Gasteiger partial charge in [-0.2, -0.15) is 0 Å². The van der Waals surface area contributed by atoms with Crippen molar-refractivity contribution in [1.29, 1.82) is 0 Å². The van der Waals surface area contributed by atoms with Crippen LogP contribution in [0.15, 0.2) is 48.7 Å². The lowest BCUT2D eigenvalue weighted by molar-refractivity contribution is -0.121. The van der Waals surface area contributed by atoms with E-state index in [1.54, 1.807) is 44.7 Å².